The Morgan fingerprint density at radius 2 is 2.12 bits per heavy atom. The number of pyridine rings is 1. The lowest BCUT2D eigenvalue weighted by atomic mass is 10.2. The SMILES string of the molecule is NC(=O)c1[c]ccc(N2CCCN(Cc3ccc(F)cc3Cl)CC2)n1. The van der Waals surface area contributed by atoms with Crippen LogP contribution in [0.5, 0.6) is 0 Å². The van der Waals surface area contributed by atoms with Crippen LogP contribution < -0.4 is 10.6 Å². The standard InChI is InChI=1S/C18H19ClFN4O/c19-15-11-14(20)6-5-13(15)12-23-7-2-8-24(10-9-23)17-4-1-3-16(22-17)18(21)25/h1,4-6,11H,2,7-10,12H2,(H2,21,25). The van der Waals surface area contributed by atoms with Crippen LogP contribution in [0.2, 0.25) is 5.02 Å². The number of benzene rings is 1. The van der Waals surface area contributed by atoms with E-state index in [0.717, 1.165) is 44.0 Å². The minimum absolute atomic E-state index is 0.150. The molecule has 0 saturated carbocycles. The molecule has 0 spiro atoms. The predicted octanol–water partition coefficient (Wildman–Crippen LogP) is 2.49. The first kappa shape index (κ1) is 17.6. The van der Waals surface area contributed by atoms with Crippen molar-refractivity contribution in [1.29, 1.82) is 0 Å². The Kier molecular flexibility index (Phi) is 5.50. The molecule has 3 rings (SSSR count). The summed E-state index contributed by atoms with van der Waals surface area (Å²) in [6, 6.07) is 10.8. The molecule has 1 radical (unpaired) electrons. The Balaban J connectivity index is 1.66. The van der Waals surface area contributed by atoms with Gasteiger partial charge in [0, 0.05) is 43.8 Å². The number of halogens is 2. The minimum atomic E-state index is -0.579. The Hall–Kier alpha value is -2.18. The molecule has 0 aliphatic carbocycles. The largest absolute Gasteiger partial charge is 0.364 e. The van der Waals surface area contributed by atoms with E-state index in [1.165, 1.54) is 12.1 Å². The maximum Gasteiger partial charge on any atom is 0.268 e. The van der Waals surface area contributed by atoms with Crippen molar-refractivity contribution in [3.8, 4) is 0 Å². The summed E-state index contributed by atoms with van der Waals surface area (Å²) in [5.41, 5.74) is 6.34. The first-order chi connectivity index (χ1) is 12.0. The normalized spacial score (nSPS) is 15.8. The number of nitrogens with two attached hydrogens (primary N) is 1. The second kappa shape index (κ2) is 7.80. The van der Waals surface area contributed by atoms with Crippen LogP contribution in [-0.4, -0.2) is 42.0 Å². The molecule has 1 fully saturated rings. The molecule has 1 aliphatic heterocycles. The molecular weight excluding hydrogens is 343 g/mol. The Morgan fingerprint density at radius 3 is 2.88 bits per heavy atom. The van der Waals surface area contributed by atoms with Crippen LogP contribution in [0.15, 0.2) is 30.3 Å². The van der Waals surface area contributed by atoms with Crippen molar-refractivity contribution < 1.29 is 9.18 Å². The zero-order valence-electron chi connectivity index (χ0n) is 13.7. The zero-order chi connectivity index (χ0) is 17.8. The third kappa shape index (κ3) is 4.46. The van der Waals surface area contributed by atoms with Gasteiger partial charge in [-0.2, -0.15) is 0 Å². The van der Waals surface area contributed by atoms with E-state index in [1.807, 2.05) is 6.07 Å². The van der Waals surface area contributed by atoms with E-state index >= 15 is 0 Å². The van der Waals surface area contributed by atoms with Gasteiger partial charge in [-0.05, 0) is 36.2 Å². The molecule has 2 heterocycles. The predicted molar refractivity (Wildman–Crippen MR) is 95.1 cm³/mol. The zero-order valence-corrected chi connectivity index (χ0v) is 14.5. The fourth-order valence-corrected chi connectivity index (χ4v) is 3.16. The topological polar surface area (TPSA) is 62.5 Å². The number of nitrogens with zero attached hydrogens (tertiary/aromatic N) is 3. The lowest BCUT2D eigenvalue weighted by Crippen LogP contribution is -2.31. The second-order valence-corrected chi connectivity index (χ2v) is 6.42. The highest BCUT2D eigenvalue weighted by Gasteiger charge is 2.18. The first-order valence-corrected chi connectivity index (χ1v) is 8.50. The molecule has 0 atom stereocenters. The van der Waals surface area contributed by atoms with Crippen LogP contribution in [0.4, 0.5) is 10.2 Å². The number of hydrogen-bond acceptors (Lipinski definition) is 4. The lowest BCUT2D eigenvalue weighted by Gasteiger charge is -2.23. The summed E-state index contributed by atoms with van der Waals surface area (Å²) in [6.07, 6.45) is 0.949. The number of carbonyl (C=O) groups excluding carboxylic acids is 1. The summed E-state index contributed by atoms with van der Waals surface area (Å²) in [5, 5.41) is 0.451. The van der Waals surface area contributed by atoms with Crippen molar-refractivity contribution in [1.82, 2.24) is 9.88 Å². The summed E-state index contributed by atoms with van der Waals surface area (Å²) in [4.78, 5) is 20.0. The van der Waals surface area contributed by atoms with E-state index < -0.39 is 5.91 Å². The van der Waals surface area contributed by atoms with Crippen molar-refractivity contribution in [3.63, 3.8) is 0 Å². The number of rotatable bonds is 4. The highest BCUT2D eigenvalue weighted by Crippen LogP contribution is 2.21. The molecule has 5 nitrogen and oxygen atoms in total. The van der Waals surface area contributed by atoms with Gasteiger partial charge in [0.2, 0.25) is 0 Å². The smallest absolute Gasteiger partial charge is 0.268 e. The molecule has 131 valence electrons. The van der Waals surface area contributed by atoms with E-state index in [0.29, 0.717) is 11.6 Å². The quantitative estimate of drug-likeness (QED) is 0.908. The lowest BCUT2D eigenvalue weighted by molar-refractivity contribution is 0.0995. The molecule has 7 heteroatoms. The first-order valence-electron chi connectivity index (χ1n) is 8.12. The number of amides is 1. The van der Waals surface area contributed by atoms with Gasteiger partial charge < -0.3 is 10.6 Å². The molecular formula is C18H19ClFN4O. The Bertz CT molecular complexity index is 770. The fraction of sp³-hybridized carbons (Fsp3) is 0.333. The average Bonchev–Trinajstić information content (AvgIpc) is 2.83. The molecule has 0 unspecified atom stereocenters. The summed E-state index contributed by atoms with van der Waals surface area (Å²) >= 11 is 6.13. The van der Waals surface area contributed by atoms with Gasteiger partial charge in [-0.1, -0.05) is 17.7 Å². The van der Waals surface area contributed by atoms with Crippen LogP contribution in [0.1, 0.15) is 22.5 Å². The van der Waals surface area contributed by atoms with Crippen LogP contribution in [0.3, 0.4) is 0 Å². The molecule has 2 aromatic rings. The third-order valence-corrected chi connectivity index (χ3v) is 4.59. The van der Waals surface area contributed by atoms with E-state index in [4.69, 9.17) is 17.3 Å². The highest BCUT2D eigenvalue weighted by atomic mass is 35.5. The molecule has 1 aromatic heterocycles. The van der Waals surface area contributed by atoms with Crippen LogP contribution >= 0.6 is 11.6 Å². The van der Waals surface area contributed by atoms with Crippen molar-refractivity contribution in [3.05, 3.63) is 58.5 Å². The van der Waals surface area contributed by atoms with E-state index in [1.54, 1.807) is 12.1 Å². The van der Waals surface area contributed by atoms with Gasteiger partial charge in [-0.25, -0.2) is 9.37 Å². The summed E-state index contributed by atoms with van der Waals surface area (Å²) in [6.45, 7) is 4.01. The van der Waals surface area contributed by atoms with E-state index in [2.05, 4.69) is 20.9 Å². The van der Waals surface area contributed by atoms with Gasteiger partial charge in [-0.3, -0.25) is 9.69 Å². The van der Waals surface area contributed by atoms with Gasteiger partial charge in [0.15, 0.2) is 0 Å². The monoisotopic (exact) mass is 361 g/mol. The number of primary amides is 1. The number of aromatic nitrogens is 1. The summed E-state index contributed by atoms with van der Waals surface area (Å²) in [7, 11) is 0. The molecule has 25 heavy (non-hydrogen) atoms. The Labute approximate surface area is 151 Å². The van der Waals surface area contributed by atoms with Gasteiger partial charge in [0.1, 0.15) is 17.3 Å². The molecule has 0 bridgehead atoms. The molecule has 1 saturated heterocycles. The summed E-state index contributed by atoms with van der Waals surface area (Å²) in [5.74, 6) is -0.175. The third-order valence-electron chi connectivity index (χ3n) is 4.23. The molecule has 1 aromatic carbocycles. The van der Waals surface area contributed by atoms with Crippen molar-refractivity contribution in [2.75, 3.05) is 31.1 Å². The van der Waals surface area contributed by atoms with Crippen LogP contribution in [0.25, 0.3) is 0 Å². The highest BCUT2D eigenvalue weighted by molar-refractivity contribution is 6.31. The second-order valence-electron chi connectivity index (χ2n) is 6.01. The van der Waals surface area contributed by atoms with Crippen LogP contribution in [-0.2, 0) is 6.54 Å². The molecule has 1 aliphatic rings. The maximum atomic E-state index is 13.2. The number of carbonyl (C=O) groups is 1. The van der Waals surface area contributed by atoms with Crippen molar-refractivity contribution in [2.45, 2.75) is 13.0 Å². The summed E-state index contributed by atoms with van der Waals surface area (Å²) < 4.78 is 13.2. The fourth-order valence-electron chi connectivity index (χ4n) is 2.93. The van der Waals surface area contributed by atoms with Gasteiger partial charge in [0.25, 0.3) is 5.91 Å². The molecule has 2 N–H and O–H groups in total. The van der Waals surface area contributed by atoms with E-state index in [9.17, 15) is 9.18 Å². The molecule has 1 amide bonds. The number of hydrogen-bond donors (Lipinski definition) is 1. The van der Waals surface area contributed by atoms with E-state index in [-0.39, 0.29) is 11.5 Å². The maximum absolute atomic E-state index is 13.2. The average molecular weight is 362 g/mol. The van der Waals surface area contributed by atoms with Gasteiger partial charge in [0.05, 0.1) is 0 Å². The minimum Gasteiger partial charge on any atom is -0.364 e. The Morgan fingerprint density at radius 1 is 1.28 bits per heavy atom. The van der Waals surface area contributed by atoms with Gasteiger partial charge in [-0.15, -0.1) is 0 Å². The van der Waals surface area contributed by atoms with Gasteiger partial charge >= 0.3 is 0 Å². The number of anilines is 1. The van der Waals surface area contributed by atoms with Crippen LogP contribution in [0, 0.1) is 11.9 Å². The van der Waals surface area contributed by atoms with Crippen molar-refractivity contribution >= 4 is 23.3 Å². The van der Waals surface area contributed by atoms with Crippen molar-refractivity contribution in [2.24, 2.45) is 5.73 Å².